The summed E-state index contributed by atoms with van der Waals surface area (Å²) in [5, 5.41) is 9.45. The van der Waals surface area contributed by atoms with Crippen LogP contribution < -0.4 is 5.32 Å². The van der Waals surface area contributed by atoms with Gasteiger partial charge in [-0.05, 0) is 62.3 Å². The SMILES string of the molecule is CSc1ccccc1-c1nn(-c2ccc(Cl)cc2C)c2c1CCCCN2. The molecule has 0 saturated carbocycles. The summed E-state index contributed by atoms with van der Waals surface area (Å²) in [7, 11) is 0. The zero-order valence-electron chi connectivity index (χ0n) is 15.1. The number of hydrogen-bond acceptors (Lipinski definition) is 3. The van der Waals surface area contributed by atoms with Crippen molar-refractivity contribution < 1.29 is 0 Å². The topological polar surface area (TPSA) is 29.9 Å². The molecular formula is C21H22ClN3S. The lowest BCUT2D eigenvalue weighted by Crippen LogP contribution is -2.08. The summed E-state index contributed by atoms with van der Waals surface area (Å²) >= 11 is 7.94. The van der Waals surface area contributed by atoms with Gasteiger partial charge in [0.2, 0.25) is 0 Å². The molecule has 0 amide bonds. The average molecular weight is 384 g/mol. The molecule has 134 valence electrons. The molecule has 0 saturated heterocycles. The number of fused-ring (bicyclic) bond motifs is 1. The van der Waals surface area contributed by atoms with Crippen molar-refractivity contribution in [2.75, 3.05) is 18.1 Å². The second kappa shape index (κ2) is 7.37. The Hall–Kier alpha value is -1.91. The average Bonchev–Trinajstić information content (AvgIpc) is 2.83. The van der Waals surface area contributed by atoms with Crippen molar-refractivity contribution in [2.45, 2.75) is 31.1 Å². The third kappa shape index (κ3) is 3.12. The Morgan fingerprint density at radius 1 is 1.15 bits per heavy atom. The Morgan fingerprint density at radius 3 is 2.81 bits per heavy atom. The van der Waals surface area contributed by atoms with Crippen molar-refractivity contribution in [2.24, 2.45) is 0 Å². The summed E-state index contributed by atoms with van der Waals surface area (Å²) in [5.41, 5.74) is 5.82. The Morgan fingerprint density at radius 2 is 2.00 bits per heavy atom. The quantitative estimate of drug-likeness (QED) is 0.565. The van der Waals surface area contributed by atoms with Gasteiger partial charge in [-0.15, -0.1) is 11.8 Å². The van der Waals surface area contributed by atoms with E-state index in [1.807, 2.05) is 12.1 Å². The number of thioether (sulfide) groups is 1. The van der Waals surface area contributed by atoms with E-state index in [-0.39, 0.29) is 0 Å². The van der Waals surface area contributed by atoms with Gasteiger partial charge < -0.3 is 5.32 Å². The summed E-state index contributed by atoms with van der Waals surface area (Å²) in [5.74, 6) is 1.12. The van der Waals surface area contributed by atoms with Gasteiger partial charge in [-0.3, -0.25) is 0 Å². The highest BCUT2D eigenvalue weighted by Gasteiger charge is 2.23. The van der Waals surface area contributed by atoms with E-state index in [0.29, 0.717) is 0 Å². The molecule has 1 aliphatic rings. The first-order valence-electron chi connectivity index (χ1n) is 8.94. The molecule has 2 heterocycles. The summed E-state index contributed by atoms with van der Waals surface area (Å²) in [6, 6.07) is 14.5. The van der Waals surface area contributed by atoms with Crippen LogP contribution in [-0.4, -0.2) is 22.6 Å². The predicted molar refractivity (Wildman–Crippen MR) is 112 cm³/mol. The van der Waals surface area contributed by atoms with Crippen LogP contribution in [-0.2, 0) is 6.42 Å². The van der Waals surface area contributed by atoms with Crippen molar-refractivity contribution in [3.05, 3.63) is 58.6 Å². The highest BCUT2D eigenvalue weighted by atomic mass is 35.5. The molecular weight excluding hydrogens is 362 g/mol. The molecule has 5 heteroatoms. The van der Waals surface area contributed by atoms with Gasteiger partial charge in [-0.25, -0.2) is 4.68 Å². The van der Waals surface area contributed by atoms with Crippen molar-refractivity contribution in [1.29, 1.82) is 0 Å². The predicted octanol–water partition coefficient (Wildman–Crippen LogP) is 5.97. The molecule has 0 spiro atoms. The van der Waals surface area contributed by atoms with Crippen LogP contribution in [0.25, 0.3) is 16.9 Å². The molecule has 3 aromatic rings. The molecule has 0 unspecified atom stereocenters. The van der Waals surface area contributed by atoms with Crippen LogP contribution in [0.1, 0.15) is 24.0 Å². The first kappa shape index (κ1) is 17.5. The number of hydrogen-bond donors (Lipinski definition) is 1. The van der Waals surface area contributed by atoms with Crippen LogP contribution in [0.15, 0.2) is 47.4 Å². The molecule has 2 aromatic carbocycles. The summed E-state index contributed by atoms with van der Waals surface area (Å²) in [4.78, 5) is 1.26. The highest BCUT2D eigenvalue weighted by molar-refractivity contribution is 7.98. The van der Waals surface area contributed by atoms with E-state index in [1.165, 1.54) is 28.9 Å². The molecule has 0 fully saturated rings. The normalized spacial score (nSPS) is 13.8. The Kier molecular flexibility index (Phi) is 4.96. The van der Waals surface area contributed by atoms with E-state index in [0.717, 1.165) is 40.8 Å². The number of nitrogens with one attached hydrogen (secondary N) is 1. The molecule has 4 rings (SSSR count). The molecule has 0 aliphatic carbocycles. The van der Waals surface area contributed by atoms with Crippen molar-refractivity contribution in [1.82, 2.24) is 9.78 Å². The highest BCUT2D eigenvalue weighted by Crippen LogP contribution is 2.38. The Bertz CT molecular complexity index is 948. The summed E-state index contributed by atoms with van der Waals surface area (Å²) in [6.45, 7) is 3.07. The number of aryl methyl sites for hydroxylation is 1. The first-order valence-corrected chi connectivity index (χ1v) is 10.5. The van der Waals surface area contributed by atoms with Gasteiger partial charge in [-0.2, -0.15) is 5.10 Å². The fourth-order valence-corrected chi connectivity index (χ4v) is 4.42. The van der Waals surface area contributed by atoms with Crippen LogP contribution in [0.4, 0.5) is 5.82 Å². The van der Waals surface area contributed by atoms with Gasteiger partial charge in [0, 0.05) is 27.6 Å². The lowest BCUT2D eigenvalue weighted by atomic mass is 10.0. The molecule has 0 atom stereocenters. The Balaban J connectivity index is 1.95. The monoisotopic (exact) mass is 383 g/mol. The van der Waals surface area contributed by atoms with E-state index < -0.39 is 0 Å². The van der Waals surface area contributed by atoms with Gasteiger partial charge in [0.15, 0.2) is 0 Å². The number of aromatic nitrogens is 2. The second-order valence-electron chi connectivity index (χ2n) is 6.60. The molecule has 1 N–H and O–H groups in total. The third-order valence-corrected chi connectivity index (χ3v) is 5.91. The van der Waals surface area contributed by atoms with E-state index >= 15 is 0 Å². The second-order valence-corrected chi connectivity index (χ2v) is 7.89. The fourth-order valence-electron chi connectivity index (χ4n) is 3.59. The van der Waals surface area contributed by atoms with Gasteiger partial charge in [0.1, 0.15) is 5.82 Å². The number of rotatable bonds is 3. The van der Waals surface area contributed by atoms with Gasteiger partial charge in [0.05, 0.1) is 11.4 Å². The summed E-state index contributed by atoms with van der Waals surface area (Å²) in [6.07, 6.45) is 5.53. The maximum absolute atomic E-state index is 6.17. The van der Waals surface area contributed by atoms with Crippen molar-refractivity contribution in [3.8, 4) is 16.9 Å². The number of anilines is 1. The maximum atomic E-state index is 6.17. The van der Waals surface area contributed by atoms with Crippen LogP contribution in [0.3, 0.4) is 0 Å². The van der Waals surface area contributed by atoms with Crippen LogP contribution in [0.5, 0.6) is 0 Å². The smallest absolute Gasteiger partial charge is 0.133 e. The van der Waals surface area contributed by atoms with Crippen LogP contribution in [0, 0.1) is 6.92 Å². The van der Waals surface area contributed by atoms with Crippen molar-refractivity contribution >= 4 is 29.2 Å². The van der Waals surface area contributed by atoms with E-state index in [2.05, 4.69) is 53.5 Å². The number of halogens is 1. The minimum Gasteiger partial charge on any atom is -0.370 e. The molecule has 0 bridgehead atoms. The van der Waals surface area contributed by atoms with E-state index in [4.69, 9.17) is 16.7 Å². The number of benzene rings is 2. The lowest BCUT2D eigenvalue weighted by Gasteiger charge is -2.11. The van der Waals surface area contributed by atoms with Crippen molar-refractivity contribution in [3.63, 3.8) is 0 Å². The molecule has 1 aromatic heterocycles. The lowest BCUT2D eigenvalue weighted by molar-refractivity contribution is 0.779. The maximum Gasteiger partial charge on any atom is 0.133 e. The van der Waals surface area contributed by atoms with Gasteiger partial charge in [0.25, 0.3) is 0 Å². The van der Waals surface area contributed by atoms with E-state index in [9.17, 15) is 0 Å². The number of nitrogens with zero attached hydrogens (tertiary/aromatic N) is 2. The zero-order valence-corrected chi connectivity index (χ0v) is 16.6. The molecule has 1 aliphatic heterocycles. The van der Waals surface area contributed by atoms with Crippen LogP contribution in [0.2, 0.25) is 5.02 Å². The van der Waals surface area contributed by atoms with Gasteiger partial charge >= 0.3 is 0 Å². The first-order chi connectivity index (χ1) is 12.7. The summed E-state index contributed by atoms with van der Waals surface area (Å²) < 4.78 is 2.07. The third-order valence-electron chi connectivity index (χ3n) is 4.88. The zero-order chi connectivity index (χ0) is 18.1. The molecule has 0 radical (unpaired) electrons. The Labute approximate surface area is 163 Å². The van der Waals surface area contributed by atoms with Gasteiger partial charge in [-0.1, -0.05) is 29.8 Å². The molecule has 26 heavy (non-hydrogen) atoms. The fraction of sp³-hybridized carbons (Fsp3) is 0.286. The molecule has 3 nitrogen and oxygen atoms in total. The minimum atomic E-state index is 0.755. The van der Waals surface area contributed by atoms with E-state index in [1.54, 1.807) is 11.8 Å². The van der Waals surface area contributed by atoms with Crippen LogP contribution >= 0.6 is 23.4 Å². The minimum absolute atomic E-state index is 0.755. The standard InChI is InChI=1S/C21H22ClN3S/c1-14-13-15(22)10-11-18(14)25-21-17(8-5-6-12-23-21)20(24-25)16-7-3-4-9-19(16)26-2/h3-4,7,9-11,13,23H,5-6,8,12H2,1-2H3. The largest absolute Gasteiger partial charge is 0.370 e.